The van der Waals surface area contributed by atoms with Crippen molar-refractivity contribution in [1.82, 2.24) is 4.90 Å². The first-order valence-electron chi connectivity index (χ1n) is 8.08. The number of carboxylic acids is 1. The monoisotopic (exact) mass is 531 g/mol. The van der Waals surface area contributed by atoms with Crippen LogP contribution >= 0.6 is 63.1 Å². The molecule has 10 heteroatoms. The lowest BCUT2D eigenvalue weighted by atomic mass is 10.2. The summed E-state index contributed by atoms with van der Waals surface area (Å²) in [7, 11) is 0. The lowest BCUT2D eigenvalue weighted by Crippen LogP contribution is -2.33. The van der Waals surface area contributed by atoms with Crippen LogP contribution in [0.15, 0.2) is 45.8 Å². The van der Waals surface area contributed by atoms with E-state index < -0.39 is 18.4 Å². The minimum atomic E-state index is -1.12. The molecule has 1 amide bonds. The van der Waals surface area contributed by atoms with Crippen molar-refractivity contribution in [2.75, 3.05) is 6.54 Å². The summed E-state index contributed by atoms with van der Waals surface area (Å²) in [6.45, 7) is -0.187. The van der Waals surface area contributed by atoms with Gasteiger partial charge in [0, 0.05) is 15.6 Å². The number of aliphatic carboxylic acids is 1. The van der Waals surface area contributed by atoms with Gasteiger partial charge >= 0.3 is 5.97 Å². The summed E-state index contributed by atoms with van der Waals surface area (Å²) in [6.07, 6.45) is 1.66. The summed E-state index contributed by atoms with van der Waals surface area (Å²) in [5, 5.41) is 9.97. The molecule has 2 aromatic carbocycles. The minimum Gasteiger partial charge on any atom is -0.488 e. The van der Waals surface area contributed by atoms with Crippen molar-refractivity contribution >= 4 is 85.4 Å². The van der Waals surface area contributed by atoms with Gasteiger partial charge in [0.15, 0.2) is 0 Å². The van der Waals surface area contributed by atoms with Crippen LogP contribution in [0.3, 0.4) is 0 Å². The number of nitrogens with zero attached hydrogens (tertiary/aromatic N) is 1. The molecular weight excluding hydrogens is 521 g/mol. The highest BCUT2D eigenvalue weighted by atomic mass is 79.9. The molecule has 5 nitrogen and oxygen atoms in total. The van der Waals surface area contributed by atoms with Crippen LogP contribution < -0.4 is 4.74 Å². The first-order chi connectivity index (χ1) is 13.7. The molecule has 0 atom stereocenters. The normalized spacial score (nSPS) is 15.3. The lowest BCUT2D eigenvalue weighted by Gasteiger charge is -2.11. The van der Waals surface area contributed by atoms with Gasteiger partial charge in [-0.2, -0.15) is 0 Å². The maximum absolute atomic E-state index is 12.4. The van der Waals surface area contributed by atoms with Crippen molar-refractivity contribution in [2.24, 2.45) is 0 Å². The Balaban J connectivity index is 1.72. The van der Waals surface area contributed by atoms with Crippen molar-refractivity contribution in [1.29, 1.82) is 0 Å². The maximum atomic E-state index is 12.4. The fraction of sp³-hybridized carbons (Fsp3) is 0.105. The van der Waals surface area contributed by atoms with Crippen molar-refractivity contribution in [3.05, 3.63) is 66.9 Å². The Morgan fingerprint density at radius 3 is 2.69 bits per heavy atom. The first kappa shape index (κ1) is 22.1. The zero-order valence-corrected chi connectivity index (χ0v) is 19.3. The summed E-state index contributed by atoms with van der Waals surface area (Å²) in [6, 6.07) is 10.5. The number of thiocarbonyl (C=S) groups is 1. The average molecular weight is 533 g/mol. The molecule has 1 saturated heterocycles. The third kappa shape index (κ3) is 5.52. The highest BCUT2D eigenvalue weighted by Crippen LogP contribution is 2.34. The zero-order valence-electron chi connectivity index (χ0n) is 14.5. The molecule has 0 aliphatic carbocycles. The lowest BCUT2D eigenvalue weighted by molar-refractivity contribution is -0.140. The Morgan fingerprint density at radius 2 is 2.03 bits per heavy atom. The molecule has 29 heavy (non-hydrogen) atoms. The molecule has 1 aliphatic rings. The van der Waals surface area contributed by atoms with Gasteiger partial charge in [0.05, 0.1) is 9.38 Å². The summed E-state index contributed by atoms with van der Waals surface area (Å²) < 4.78 is 6.72. The largest absolute Gasteiger partial charge is 0.488 e. The molecular formula is C19H12BrCl2NO4S2. The number of benzene rings is 2. The van der Waals surface area contributed by atoms with Crippen LogP contribution in [-0.2, 0) is 16.2 Å². The van der Waals surface area contributed by atoms with E-state index in [4.69, 9.17) is 45.3 Å². The number of hydrogen-bond acceptors (Lipinski definition) is 5. The average Bonchev–Trinajstić information content (AvgIpc) is 2.89. The van der Waals surface area contributed by atoms with Gasteiger partial charge in [-0.1, -0.05) is 59.3 Å². The van der Waals surface area contributed by atoms with Crippen LogP contribution in [0, 0.1) is 0 Å². The molecule has 0 spiro atoms. The van der Waals surface area contributed by atoms with Crippen molar-refractivity contribution in [3.63, 3.8) is 0 Å². The zero-order chi connectivity index (χ0) is 21.1. The Labute approximate surface area is 194 Å². The van der Waals surface area contributed by atoms with E-state index in [1.165, 1.54) is 0 Å². The molecule has 0 saturated carbocycles. The molecule has 1 heterocycles. The quantitative estimate of drug-likeness (QED) is 0.384. The van der Waals surface area contributed by atoms with Crippen LogP contribution in [0.5, 0.6) is 5.75 Å². The number of halogens is 3. The third-order valence-electron chi connectivity index (χ3n) is 3.82. The summed E-state index contributed by atoms with van der Waals surface area (Å²) in [4.78, 5) is 24.7. The Hall–Kier alpha value is -1.58. The molecule has 2 aromatic rings. The maximum Gasteiger partial charge on any atom is 0.323 e. The fourth-order valence-electron chi connectivity index (χ4n) is 2.44. The van der Waals surface area contributed by atoms with E-state index in [2.05, 4.69) is 15.9 Å². The standard InChI is InChI=1S/C19H12BrCl2NO4S2/c20-13-5-10(6-16-18(26)23(8-17(24)25)19(28)29-16)1-4-15(13)27-9-11-2-3-12(21)7-14(11)22/h1-7H,8-9H2,(H,24,25)/b16-6+. The van der Waals surface area contributed by atoms with E-state index in [1.54, 1.807) is 42.5 Å². The van der Waals surface area contributed by atoms with Gasteiger partial charge < -0.3 is 9.84 Å². The number of ether oxygens (including phenoxy) is 1. The van der Waals surface area contributed by atoms with E-state index in [1.807, 2.05) is 0 Å². The van der Waals surface area contributed by atoms with Crippen LogP contribution in [0.25, 0.3) is 6.08 Å². The summed E-state index contributed by atoms with van der Waals surface area (Å²) in [5.74, 6) is -0.935. The number of carbonyl (C=O) groups excluding carboxylic acids is 1. The number of carboxylic acid groups (broad SMARTS) is 1. The van der Waals surface area contributed by atoms with Gasteiger partial charge in [-0.25, -0.2) is 0 Å². The number of hydrogen-bond donors (Lipinski definition) is 1. The van der Waals surface area contributed by atoms with Crippen LogP contribution in [-0.4, -0.2) is 32.7 Å². The molecule has 0 aromatic heterocycles. The number of amides is 1. The molecule has 0 bridgehead atoms. The van der Waals surface area contributed by atoms with Gasteiger partial charge in [0.1, 0.15) is 23.2 Å². The molecule has 0 unspecified atom stereocenters. The molecule has 1 aliphatic heterocycles. The SMILES string of the molecule is O=C(O)CN1C(=O)/C(=C\c2ccc(OCc3ccc(Cl)cc3Cl)c(Br)c2)SC1=S. The summed E-state index contributed by atoms with van der Waals surface area (Å²) >= 11 is 21.7. The van der Waals surface area contributed by atoms with Crippen molar-refractivity contribution in [2.45, 2.75) is 6.61 Å². The van der Waals surface area contributed by atoms with Gasteiger partial charge in [-0.15, -0.1) is 0 Å². The van der Waals surface area contributed by atoms with Crippen LogP contribution in [0.2, 0.25) is 10.0 Å². The van der Waals surface area contributed by atoms with E-state index in [0.717, 1.165) is 27.8 Å². The van der Waals surface area contributed by atoms with E-state index >= 15 is 0 Å². The van der Waals surface area contributed by atoms with Crippen molar-refractivity contribution in [3.8, 4) is 5.75 Å². The second-order valence-electron chi connectivity index (χ2n) is 5.88. The smallest absolute Gasteiger partial charge is 0.323 e. The summed E-state index contributed by atoms with van der Waals surface area (Å²) in [5.41, 5.74) is 1.54. The second kappa shape index (κ2) is 9.49. The Bertz CT molecular complexity index is 1040. The number of carbonyl (C=O) groups is 2. The molecule has 3 rings (SSSR count). The molecule has 0 radical (unpaired) electrons. The predicted molar refractivity (Wildman–Crippen MR) is 122 cm³/mol. The highest BCUT2D eigenvalue weighted by molar-refractivity contribution is 9.10. The molecule has 1 fully saturated rings. The first-order valence-corrected chi connectivity index (χ1v) is 10.9. The van der Waals surface area contributed by atoms with Crippen LogP contribution in [0.1, 0.15) is 11.1 Å². The molecule has 1 N–H and O–H groups in total. The third-order valence-corrected chi connectivity index (χ3v) is 6.40. The Kier molecular flexibility index (Phi) is 7.23. The van der Waals surface area contributed by atoms with E-state index in [0.29, 0.717) is 25.2 Å². The van der Waals surface area contributed by atoms with Gasteiger partial charge in [-0.05, 0) is 51.8 Å². The van der Waals surface area contributed by atoms with Crippen LogP contribution in [0.4, 0.5) is 0 Å². The van der Waals surface area contributed by atoms with E-state index in [9.17, 15) is 9.59 Å². The second-order valence-corrected chi connectivity index (χ2v) is 9.25. The minimum absolute atomic E-state index is 0.225. The number of thioether (sulfide) groups is 1. The van der Waals surface area contributed by atoms with Crippen molar-refractivity contribution < 1.29 is 19.4 Å². The Morgan fingerprint density at radius 1 is 1.28 bits per heavy atom. The topological polar surface area (TPSA) is 66.8 Å². The number of rotatable bonds is 6. The molecule has 150 valence electrons. The van der Waals surface area contributed by atoms with Gasteiger partial charge in [0.25, 0.3) is 5.91 Å². The highest BCUT2D eigenvalue weighted by Gasteiger charge is 2.33. The van der Waals surface area contributed by atoms with Gasteiger partial charge in [0.2, 0.25) is 0 Å². The predicted octanol–water partition coefficient (Wildman–Crippen LogP) is 5.62. The van der Waals surface area contributed by atoms with Gasteiger partial charge in [-0.3, -0.25) is 14.5 Å². The van der Waals surface area contributed by atoms with E-state index in [-0.39, 0.29) is 10.9 Å². The fourth-order valence-corrected chi connectivity index (χ4v) is 4.67.